The third-order valence-electron chi connectivity index (χ3n) is 3.15. The Morgan fingerprint density at radius 3 is 3.06 bits per heavy atom. The van der Waals surface area contributed by atoms with Crippen molar-refractivity contribution in [1.82, 2.24) is 9.55 Å². The molecule has 0 atom stereocenters. The lowest BCUT2D eigenvalue weighted by atomic mass is 10.2. The molecule has 0 amide bonds. The van der Waals surface area contributed by atoms with Crippen molar-refractivity contribution in [1.29, 1.82) is 0 Å². The molecule has 2 aromatic rings. The van der Waals surface area contributed by atoms with Gasteiger partial charge in [-0.05, 0) is 37.5 Å². The summed E-state index contributed by atoms with van der Waals surface area (Å²) in [5.41, 5.74) is 1.99. The number of aromatic nitrogens is 2. The topological polar surface area (TPSA) is 27.1 Å². The first-order chi connectivity index (χ1) is 8.74. The Morgan fingerprint density at radius 2 is 2.28 bits per heavy atom. The molecule has 0 spiro atoms. The van der Waals surface area contributed by atoms with Gasteiger partial charge in [0.15, 0.2) is 11.6 Å². The van der Waals surface area contributed by atoms with Gasteiger partial charge in [0.05, 0.1) is 18.2 Å². The highest BCUT2D eigenvalue weighted by molar-refractivity contribution is 5.29. The molecule has 0 bridgehead atoms. The normalized spacial score (nSPS) is 14.8. The molecule has 4 heteroatoms. The zero-order chi connectivity index (χ0) is 12.5. The van der Waals surface area contributed by atoms with Gasteiger partial charge in [-0.15, -0.1) is 0 Å². The molecular weight excluding hydrogens is 231 g/mol. The zero-order valence-corrected chi connectivity index (χ0v) is 10.3. The van der Waals surface area contributed by atoms with Crippen molar-refractivity contribution < 1.29 is 9.13 Å². The van der Waals surface area contributed by atoms with Crippen LogP contribution in [0.15, 0.2) is 30.7 Å². The Hall–Kier alpha value is -1.84. The molecule has 0 saturated heterocycles. The quantitative estimate of drug-likeness (QED) is 0.828. The maximum atomic E-state index is 13.5. The summed E-state index contributed by atoms with van der Waals surface area (Å²) in [5.74, 6) is -0.0170. The molecule has 0 radical (unpaired) electrons. The highest BCUT2D eigenvalue weighted by Crippen LogP contribution is 2.35. The van der Waals surface area contributed by atoms with E-state index >= 15 is 0 Å². The van der Waals surface area contributed by atoms with Crippen LogP contribution in [0.1, 0.15) is 30.1 Å². The van der Waals surface area contributed by atoms with E-state index in [1.54, 1.807) is 18.3 Å². The van der Waals surface area contributed by atoms with Gasteiger partial charge in [-0.2, -0.15) is 0 Å². The SMILES string of the molecule is Cc1ccc(F)c(OCc2cncn2C2CC2)c1. The smallest absolute Gasteiger partial charge is 0.165 e. The molecule has 1 aliphatic rings. The first-order valence-corrected chi connectivity index (χ1v) is 6.13. The Balaban J connectivity index is 1.73. The third-order valence-corrected chi connectivity index (χ3v) is 3.15. The van der Waals surface area contributed by atoms with Crippen molar-refractivity contribution in [3.63, 3.8) is 0 Å². The molecule has 1 saturated carbocycles. The van der Waals surface area contributed by atoms with Crippen LogP contribution < -0.4 is 4.74 Å². The predicted octanol–water partition coefficient (Wildman–Crippen LogP) is 3.24. The minimum atomic E-state index is -0.321. The van der Waals surface area contributed by atoms with Crippen LogP contribution in [0.2, 0.25) is 0 Å². The number of hydrogen-bond donors (Lipinski definition) is 0. The maximum Gasteiger partial charge on any atom is 0.165 e. The van der Waals surface area contributed by atoms with Gasteiger partial charge in [-0.3, -0.25) is 0 Å². The van der Waals surface area contributed by atoms with Crippen molar-refractivity contribution in [2.75, 3.05) is 0 Å². The van der Waals surface area contributed by atoms with Gasteiger partial charge in [-0.1, -0.05) is 6.07 Å². The van der Waals surface area contributed by atoms with Crippen LogP contribution >= 0.6 is 0 Å². The molecule has 0 unspecified atom stereocenters. The highest BCUT2D eigenvalue weighted by atomic mass is 19.1. The molecular formula is C14H15FN2O. The van der Waals surface area contributed by atoms with Crippen molar-refractivity contribution in [2.45, 2.75) is 32.4 Å². The second-order valence-corrected chi connectivity index (χ2v) is 4.75. The largest absolute Gasteiger partial charge is 0.484 e. The molecule has 3 nitrogen and oxygen atoms in total. The van der Waals surface area contributed by atoms with Crippen LogP contribution in [0.4, 0.5) is 4.39 Å². The van der Waals surface area contributed by atoms with E-state index in [-0.39, 0.29) is 5.82 Å². The summed E-state index contributed by atoms with van der Waals surface area (Å²) in [6.07, 6.45) is 6.00. The minimum absolute atomic E-state index is 0.304. The number of aryl methyl sites for hydroxylation is 1. The maximum absolute atomic E-state index is 13.5. The third kappa shape index (κ3) is 2.23. The summed E-state index contributed by atoms with van der Waals surface area (Å²) in [5, 5.41) is 0. The first-order valence-electron chi connectivity index (χ1n) is 6.13. The van der Waals surface area contributed by atoms with Crippen LogP contribution in [0.25, 0.3) is 0 Å². The Bertz CT molecular complexity index is 561. The molecule has 18 heavy (non-hydrogen) atoms. The predicted molar refractivity (Wildman–Crippen MR) is 66.0 cm³/mol. The molecule has 3 rings (SSSR count). The molecule has 1 aromatic carbocycles. The van der Waals surface area contributed by atoms with Crippen molar-refractivity contribution in [2.24, 2.45) is 0 Å². The van der Waals surface area contributed by atoms with Gasteiger partial charge in [0.1, 0.15) is 6.61 Å². The molecule has 1 fully saturated rings. The van der Waals surface area contributed by atoms with Crippen molar-refractivity contribution >= 4 is 0 Å². The number of imidazole rings is 1. The average Bonchev–Trinajstić information content (AvgIpc) is 3.10. The average molecular weight is 246 g/mol. The summed E-state index contributed by atoms with van der Waals surface area (Å²) in [6.45, 7) is 2.28. The zero-order valence-electron chi connectivity index (χ0n) is 10.3. The fourth-order valence-electron chi connectivity index (χ4n) is 2.00. The lowest BCUT2D eigenvalue weighted by molar-refractivity contribution is 0.280. The van der Waals surface area contributed by atoms with Crippen LogP contribution in [-0.4, -0.2) is 9.55 Å². The lowest BCUT2D eigenvalue weighted by Crippen LogP contribution is -2.04. The monoisotopic (exact) mass is 246 g/mol. The first kappa shape index (κ1) is 11.3. The summed E-state index contributed by atoms with van der Waals surface area (Å²) in [6, 6.07) is 5.44. The van der Waals surface area contributed by atoms with Crippen LogP contribution in [0.3, 0.4) is 0 Å². The van der Waals surface area contributed by atoms with Crippen LogP contribution in [0.5, 0.6) is 5.75 Å². The summed E-state index contributed by atoms with van der Waals surface area (Å²) in [4.78, 5) is 4.12. The standard InChI is InChI=1S/C14H15FN2O/c1-10-2-5-13(15)14(6-10)18-8-12-7-16-9-17(12)11-3-4-11/h2,5-7,9,11H,3-4,8H2,1H3. The van der Waals surface area contributed by atoms with E-state index in [2.05, 4.69) is 9.55 Å². The van der Waals surface area contributed by atoms with Crippen molar-refractivity contribution in [3.05, 3.63) is 47.8 Å². The van der Waals surface area contributed by atoms with Gasteiger partial charge in [0.2, 0.25) is 0 Å². The van der Waals surface area contributed by atoms with Crippen LogP contribution in [-0.2, 0) is 6.61 Å². The second kappa shape index (κ2) is 4.44. The lowest BCUT2D eigenvalue weighted by Gasteiger charge is -2.10. The van der Waals surface area contributed by atoms with Gasteiger partial charge in [0, 0.05) is 6.04 Å². The fraction of sp³-hybridized carbons (Fsp3) is 0.357. The minimum Gasteiger partial charge on any atom is -0.484 e. The van der Waals surface area contributed by atoms with E-state index in [1.807, 2.05) is 13.3 Å². The molecule has 1 aliphatic carbocycles. The summed E-state index contributed by atoms with van der Waals surface area (Å²) in [7, 11) is 0. The van der Waals surface area contributed by atoms with E-state index in [1.165, 1.54) is 18.9 Å². The number of nitrogens with zero attached hydrogens (tertiary/aromatic N) is 2. The highest BCUT2D eigenvalue weighted by Gasteiger charge is 2.25. The second-order valence-electron chi connectivity index (χ2n) is 4.75. The van der Waals surface area contributed by atoms with Crippen LogP contribution in [0, 0.1) is 12.7 Å². The number of hydrogen-bond acceptors (Lipinski definition) is 2. The fourth-order valence-corrected chi connectivity index (χ4v) is 2.00. The van der Waals surface area contributed by atoms with Crippen molar-refractivity contribution in [3.8, 4) is 5.75 Å². The number of halogens is 1. The Kier molecular flexibility index (Phi) is 2.78. The van der Waals surface area contributed by atoms with E-state index in [0.29, 0.717) is 18.4 Å². The van der Waals surface area contributed by atoms with E-state index in [9.17, 15) is 4.39 Å². The molecule has 1 aromatic heterocycles. The van der Waals surface area contributed by atoms with Gasteiger partial charge in [-0.25, -0.2) is 9.37 Å². The van der Waals surface area contributed by atoms with E-state index in [0.717, 1.165) is 11.3 Å². The Morgan fingerprint density at radius 1 is 1.44 bits per heavy atom. The molecule has 0 N–H and O–H groups in total. The number of ether oxygens (including phenoxy) is 1. The van der Waals surface area contributed by atoms with Gasteiger partial charge >= 0.3 is 0 Å². The molecule has 0 aliphatic heterocycles. The van der Waals surface area contributed by atoms with E-state index < -0.39 is 0 Å². The van der Waals surface area contributed by atoms with Gasteiger partial charge in [0.25, 0.3) is 0 Å². The number of rotatable bonds is 4. The Labute approximate surface area is 105 Å². The van der Waals surface area contributed by atoms with Gasteiger partial charge < -0.3 is 9.30 Å². The molecule has 1 heterocycles. The molecule has 94 valence electrons. The summed E-state index contributed by atoms with van der Waals surface area (Å²) < 4.78 is 21.2. The summed E-state index contributed by atoms with van der Waals surface area (Å²) >= 11 is 0. The van der Waals surface area contributed by atoms with E-state index in [4.69, 9.17) is 4.74 Å². The number of benzene rings is 1.